The molecule has 31 heavy (non-hydrogen) atoms. The fourth-order valence-corrected chi connectivity index (χ4v) is 3.55. The van der Waals surface area contributed by atoms with E-state index in [1.165, 1.54) is 34.6 Å². The first kappa shape index (κ1) is 26.5. The summed E-state index contributed by atoms with van der Waals surface area (Å²) in [4.78, 5) is 18.0. The first-order valence-electron chi connectivity index (χ1n) is 10.9. The molecule has 1 aliphatic rings. The van der Waals surface area contributed by atoms with Gasteiger partial charge in [0.1, 0.15) is 5.82 Å². The number of aromatic amines is 1. The number of Topliss-reactive ketones (excluding diaryl/α,β-unsaturated/α-hetero) is 1. The molecular formula is C26H37FN2O2. The fraction of sp³-hybridized carbons (Fsp3) is 0.423. The molecule has 0 saturated heterocycles. The largest absolute Gasteiger partial charge is 0.381 e. The Morgan fingerprint density at radius 2 is 1.94 bits per heavy atom. The molecule has 0 spiro atoms. The third kappa shape index (κ3) is 8.27. The number of hydrogen-bond donors (Lipinski definition) is 1. The molecule has 0 bridgehead atoms. The molecule has 0 amide bonds. The number of carbonyl (C=O) groups excluding carboxylic acids is 1. The Morgan fingerprint density at radius 1 is 1.26 bits per heavy atom. The van der Waals surface area contributed by atoms with Crippen LogP contribution in [-0.4, -0.2) is 42.5 Å². The van der Waals surface area contributed by atoms with Gasteiger partial charge in [0.05, 0.1) is 6.61 Å². The van der Waals surface area contributed by atoms with Crippen LogP contribution < -0.4 is 0 Å². The quantitative estimate of drug-likeness (QED) is 0.416. The Bertz CT molecular complexity index is 825. The minimum atomic E-state index is -0.310. The number of aromatic nitrogens is 1. The molecule has 0 radical (unpaired) electrons. The summed E-state index contributed by atoms with van der Waals surface area (Å²) in [6, 6.07) is 5.79. The van der Waals surface area contributed by atoms with E-state index in [1.54, 1.807) is 25.3 Å². The molecule has 0 saturated carbocycles. The first-order valence-corrected chi connectivity index (χ1v) is 10.9. The van der Waals surface area contributed by atoms with E-state index in [4.69, 9.17) is 0 Å². The number of rotatable bonds is 8. The van der Waals surface area contributed by atoms with Gasteiger partial charge in [-0.1, -0.05) is 32.6 Å². The molecule has 1 N–H and O–H groups in total. The highest BCUT2D eigenvalue weighted by Gasteiger charge is 2.21. The van der Waals surface area contributed by atoms with Crippen molar-refractivity contribution in [2.45, 2.75) is 46.6 Å². The number of hydrogen-bond acceptors (Lipinski definition) is 3. The number of methoxy groups -OCH3 is 1. The molecular weight excluding hydrogens is 391 g/mol. The summed E-state index contributed by atoms with van der Waals surface area (Å²) in [5.74, 6) is -0.229. The molecule has 1 aromatic heterocycles. The van der Waals surface area contributed by atoms with Gasteiger partial charge in [-0.2, -0.15) is 0 Å². The summed E-state index contributed by atoms with van der Waals surface area (Å²) in [5, 5.41) is 0. The summed E-state index contributed by atoms with van der Waals surface area (Å²) in [7, 11) is 1.64. The minimum absolute atomic E-state index is 0.0805. The van der Waals surface area contributed by atoms with Crippen molar-refractivity contribution in [2.24, 2.45) is 0 Å². The van der Waals surface area contributed by atoms with Gasteiger partial charge in [0.2, 0.25) is 0 Å². The number of aryl methyl sites for hydroxylation is 1. The van der Waals surface area contributed by atoms with Crippen LogP contribution in [-0.2, 0) is 17.7 Å². The van der Waals surface area contributed by atoms with Gasteiger partial charge >= 0.3 is 0 Å². The smallest absolute Gasteiger partial charge is 0.162 e. The number of H-pyrrole nitrogens is 1. The monoisotopic (exact) mass is 428 g/mol. The molecule has 170 valence electrons. The van der Waals surface area contributed by atoms with Gasteiger partial charge in [-0.25, -0.2) is 4.39 Å². The molecule has 1 aromatic carbocycles. The van der Waals surface area contributed by atoms with Crippen LogP contribution in [0.1, 0.15) is 59.6 Å². The zero-order valence-corrected chi connectivity index (χ0v) is 19.5. The van der Waals surface area contributed by atoms with Gasteiger partial charge in [0, 0.05) is 50.0 Å². The summed E-state index contributed by atoms with van der Waals surface area (Å²) >= 11 is 0. The standard InChI is InChI=1S/C20H23FN2O.C4H8O.C2H6/c1-3-17-14(2)22-19-10-12-23(13-18(17)19)11-4-5-20(24)15-6-8-16(21)9-7-15;1-3-4-5-2;1-2/h3,6-9,22H,1,4-5,10-13H2,2H3;3H,1,4H2,2H3;1-2H3. The predicted octanol–water partition coefficient (Wildman–Crippen LogP) is 5.97. The molecule has 2 heterocycles. The van der Waals surface area contributed by atoms with E-state index in [9.17, 15) is 9.18 Å². The third-order valence-corrected chi connectivity index (χ3v) is 5.02. The average molecular weight is 429 g/mol. The maximum Gasteiger partial charge on any atom is 0.162 e. The first-order chi connectivity index (χ1) is 15.0. The van der Waals surface area contributed by atoms with Crippen molar-refractivity contribution < 1.29 is 13.9 Å². The molecule has 1 aliphatic heterocycles. The number of carbonyl (C=O) groups is 1. The fourth-order valence-electron chi connectivity index (χ4n) is 3.55. The molecule has 0 aliphatic carbocycles. The Morgan fingerprint density at radius 3 is 2.48 bits per heavy atom. The lowest BCUT2D eigenvalue weighted by Crippen LogP contribution is -2.31. The Labute approximate surface area is 186 Å². The SMILES string of the molecule is C=CCOC.C=Cc1c(C)[nH]c2c1CN(CCCC(=O)c1ccc(F)cc1)CC2.CC. The Hall–Kier alpha value is -2.50. The van der Waals surface area contributed by atoms with Crippen LogP contribution in [0.15, 0.2) is 43.5 Å². The highest BCUT2D eigenvalue weighted by atomic mass is 19.1. The molecule has 2 aromatic rings. The lowest BCUT2D eigenvalue weighted by atomic mass is 10.0. The second kappa shape index (κ2) is 14.5. The zero-order valence-electron chi connectivity index (χ0n) is 19.5. The number of nitrogens with zero attached hydrogens (tertiary/aromatic N) is 1. The highest BCUT2D eigenvalue weighted by molar-refractivity contribution is 5.95. The van der Waals surface area contributed by atoms with Crippen molar-refractivity contribution in [3.05, 3.63) is 77.4 Å². The summed E-state index contributed by atoms with van der Waals surface area (Å²) in [5.41, 5.74) is 5.66. The molecule has 5 heteroatoms. The number of fused-ring (bicyclic) bond motifs is 1. The maximum atomic E-state index is 12.9. The Balaban J connectivity index is 0.000000605. The van der Waals surface area contributed by atoms with Crippen LogP contribution in [0.2, 0.25) is 0 Å². The second-order valence-corrected chi connectivity index (χ2v) is 7.13. The van der Waals surface area contributed by atoms with Crippen LogP contribution in [0, 0.1) is 12.7 Å². The number of nitrogens with one attached hydrogen (secondary N) is 1. The minimum Gasteiger partial charge on any atom is -0.381 e. The van der Waals surface area contributed by atoms with Crippen molar-refractivity contribution >= 4 is 11.9 Å². The van der Waals surface area contributed by atoms with Gasteiger partial charge in [-0.05, 0) is 55.3 Å². The van der Waals surface area contributed by atoms with E-state index in [1.807, 2.05) is 19.9 Å². The van der Waals surface area contributed by atoms with E-state index in [0.717, 1.165) is 32.5 Å². The van der Waals surface area contributed by atoms with E-state index in [-0.39, 0.29) is 11.6 Å². The number of ether oxygens (including phenoxy) is 1. The lowest BCUT2D eigenvalue weighted by Gasteiger charge is -2.27. The average Bonchev–Trinajstić information content (AvgIpc) is 3.10. The predicted molar refractivity (Wildman–Crippen MR) is 128 cm³/mol. The van der Waals surface area contributed by atoms with Crippen LogP contribution in [0.5, 0.6) is 0 Å². The van der Waals surface area contributed by atoms with Crippen LogP contribution >= 0.6 is 0 Å². The van der Waals surface area contributed by atoms with Crippen LogP contribution in [0.25, 0.3) is 6.08 Å². The maximum absolute atomic E-state index is 12.9. The van der Waals surface area contributed by atoms with Crippen molar-refractivity contribution in [3.63, 3.8) is 0 Å². The van der Waals surface area contributed by atoms with Gasteiger partial charge in [-0.15, -0.1) is 6.58 Å². The second-order valence-electron chi connectivity index (χ2n) is 7.13. The molecule has 0 unspecified atom stereocenters. The summed E-state index contributed by atoms with van der Waals surface area (Å²) < 4.78 is 17.5. The Kier molecular flexibility index (Phi) is 12.4. The van der Waals surface area contributed by atoms with Gasteiger partial charge in [-0.3, -0.25) is 9.69 Å². The molecule has 0 fully saturated rings. The highest BCUT2D eigenvalue weighted by Crippen LogP contribution is 2.26. The normalized spacial score (nSPS) is 12.5. The van der Waals surface area contributed by atoms with Crippen molar-refractivity contribution in [1.29, 1.82) is 0 Å². The summed E-state index contributed by atoms with van der Waals surface area (Å²) in [6.45, 7) is 16.9. The van der Waals surface area contributed by atoms with Gasteiger partial charge in [0.15, 0.2) is 5.78 Å². The van der Waals surface area contributed by atoms with Crippen molar-refractivity contribution in [1.82, 2.24) is 9.88 Å². The molecule has 4 nitrogen and oxygen atoms in total. The van der Waals surface area contributed by atoms with Crippen molar-refractivity contribution in [2.75, 3.05) is 26.8 Å². The molecule has 0 atom stereocenters. The van der Waals surface area contributed by atoms with Crippen LogP contribution in [0.4, 0.5) is 4.39 Å². The number of halogens is 1. The van der Waals surface area contributed by atoms with E-state index in [0.29, 0.717) is 18.6 Å². The van der Waals surface area contributed by atoms with Gasteiger partial charge < -0.3 is 9.72 Å². The number of ketones is 1. The van der Waals surface area contributed by atoms with E-state index < -0.39 is 0 Å². The molecule has 3 rings (SSSR count). The van der Waals surface area contributed by atoms with E-state index in [2.05, 4.69) is 34.7 Å². The topological polar surface area (TPSA) is 45.3 Å². The number of benzene rings is 1. The van der Waals surface area contributed by atoms with Crippen molar-refractivity contribution in [3.8, 4) is 0 Å². The lowest BCUT2D eigenvalue weighted by molar-refractivity contribution is 0.0973. The van der Waals surface area contributed by atoms with E-state index >= 15 is 0 Å². The van der Waals surface area contributed by atoms with Crippen LogP contribution in [0.3, 0.4) is 0 Å². The summed E-state index contributed by atoms with van der Waals surface area (Å²) in [6.07, 6.45) is 5.95. The zero-order chi connectivity index (χ0) is 23.2. The third-order valence-electron chi connectivity index (χ3n) is 5.02. The van der Waals surface area contributed by atoms with Gasteiger partial charge in [0.25, 0.3) is 0 Å².